The summed E-state index contributed by atoms with van der Waals surface area (Å²) in [6.45, 7) is 9.66. The van der Waals surface area contributed by atoms with E-state index in [-0.39, 0.29) is 17.2 Å². The first-order chi connectivity index (χ1) is 8.85. The summed E-state index contributed by atoms with van der Waals surface area (Å²) < 4.78 is 0. The second-order valence-corrected chi connectivity index (χ2v) is 6.25. The molecule has 0 aliphatic rings. The van der Waals surface area contributed by atoms with Crippen LogP contribution in [0.2, 0.25) is 0 Å². The van der Waals surface area contributed by atoms with Gasteiger partial charge >= 0.3 is 0 Å². The number of carbonyl (C=O) groups is 2. The van der Waals surface area contributed by atoms with Crippen LogP contribution in [0.1, 0.15) is 66.2 Å². The SMILES string of the molecule is CCCC(=O)NCCCCCNC(=O)CC(C)(C)C. The quantitative estimate of drug-likeness (QED) is 0.633. The Balaban J connectivity index is 3.36. The number of carbonyl (C=O) groups excluding carboxylic acids is 2. The predicted molar refractivity (Wildman–Crippen MR) is 78.9 cm³/mol. The van der Waals surface area contributed by atoms with Crippen molar-refractivity contribution in [2.24, 2.45) is 5.41 Å². The van der Waals surface area contributed by atoms with Crippen molar-refractivity contribution in [3.8, 4) is 0 Å². The molecule has 0 aromatic heterocycles. The number of rotatable bonds is 9. The molecule has 0 aliphatic heterocycles. The minimum Gasteiger partial charge on any atom is -0.356 e. The van der Waals surface area contributed by atoms with Crippen LogP contribution < -0.4 is 10.6 Å². The Hall–Kier alpha value is -1.06. The Morgan fingerprint density at radius 1 is 0.895 bits per heavy atom. The van der Waals surface area contributed by atoms with Gasteiger partial charge in [-0.25, -0.2) is 0 Å². The fraction of sp³-hybridized carbons (Fsp3) is 0.867. The van der Waals surface area contributed by atoms with Crippen molar-refractivity contribution < 1.29 is 9.59 Å². The topological polar surface area (TPSA) is 58.2 Å². The third-order valence-corrected chi connectivity index (χ3v) is 2.67. The Kier molecular flexibility index (Phi) is 9.27. The summed E-state index contributed by atoms with van der Waals surface area (Å²) in [5.74, 6) is 0.268. The smallest absolute Gasteiger partial charge is 0.220 e. The van der Waals surface area contributed by atoms with Gasteiger partial charge in [-0.15, -0.1) is 0 Å². The highest BCUT2D eigenvalue weighted by atomic mass is 16.2. The molecule has 0 saturated heterocycles. The lowest BCUT2D eigenvalue weighted by Crippen LogP contribution is -2.28. The number of unbranched alkanes of at least 4 members (excludes halogenated alkanes) is 2. The van der Waals surface area contributed by atoms with E-state index in [1.165, 1.54) is 0 Å². The molecular weight excluding hydrogens is 240 g/mol. The molecule has 0 aromatic rings. The van der Waals surface area contributed by atoms with Crippen LogP contribution in [0.15, 0.2) is 0 Å². The fourth-order valence-corrected chi connectivity index (χ4v) is 1.74. The van der Waals surface area contributed by atoms with Crippen molar-refractivity contribution in [3.05, 3.63) is 0 Å². The van der Waals surface area contributed by atoms with Crippen LogP contribution in [0.5, 0.6) is 0 Å². The highest BCUT2D eigenvalue weighted by molar-refractivity contribution is 5.76. The molecule has 0 heterocycles. The first kappa shape index (κ1) is 17.9. The number of hydrogen-bond acceptors (Lipinski definition) is 2. The molecule has 0 atom stereocenters. The van der Waals surface area contributed by atoms with Crippen LogP contribution in [-0.4, -0.2) is 24.9 Å². The first-order valence-corrected chi connectivity index (χ1v) is 7.38. The largest absolute Gasteiger partial charge is 0.356 e. The molecule has 19 heavy (non-hydrogen) atoms. The third-order valence-electron chi connectivity index (χ3n) is 2.67. The highest BCUT2D eigenvalue weighted by Crippen LogP contribution is 2.17. The number of amides is 2. The van der Waals surface area contributed by atoms with Gasteiger partial charge < -0.3 is 10.6 Å². The van der Waals surface area contributed by atoms with E-state index in [1.807, 2.05) is 6.92 Å². The molecular formula is C15H30N2O2. The lowest BCUT2D eigenvalue weighted by Gasteiger charge is -2.17. The minimum absolute atomic E-state index is 0.0492. The summed E-state index contributed by atoms with van der Waals surface area (Å²) in [5.41, 5.74) is 0.0492. The lowest BCUT2D eigenvalue weighted by molar-refractivity contribution is -0.123. The number of nitrogens with one attached hydrogen (secondary N) is 2. The predicted octanol–water partition coefficient (Wildman–Crippen LogP) is 2.63. The van der Waals surface area contributed by atoms with E-state index in [0.717, 1.165) is 38.8 Å². The van der Waals surface area contributed by atoms with Crippen LogP contribution in [0.25, 0.3) is 0 Å². The van der Waals surface area contributed by atoms with E-state index in [9.17, 15) is 9.59 Å². The third kappa shape index (κ3) is 13.2. The Bertz CT molecular complexity index is 270. The maximum Gasteiger partial charge on any atom is 0.220 e. The first-order valence-electron chi connectivity index (χ1n) is 7.38. The molecule has 112 valence electrons. The standard InChI is InChI=1S/C15H30N2O2/c1-5-9-13(18)16-10-7-6-8-11-17-14(19)12-15(2,3)4/h5-12H2,1-4H3,(H,16,18)(H,17,19). The minimum atomic E-state index is 0.0492. The van der Waals surface area contributed by atoms with Gasteiger partial charge in [0.15, 0.2) is 0 Å². The molecule has 0 aromatic carbocycles. The molecule has 0 rings (SSSR count). The summed E-state index contributed by atoms with van der Waals surface area (Å²) in [5, 5.41) is 5.82. The Labute approximate surface area is 117 Å². The van der Waals surface area contributed by atoms with Gasteiger partial charge in [0.1, 0.15) is 0 Å². The Morgan fingerprint density at radius 3 is 1.89 bits per heavy atom. The van der Waals surface area contributed by atoms with Crippen molar-refractivity contribution in [3.63, 3.8) is 0 Å². The molecule has 4 nitrogen and oxygen atoms in total. The molecule has 0 spiro atoms. The molecule has 0 aliphatic carbocycles. The van der Waals surface area contributed by atoms with E-state index in [1.54, 1.807) is 0 Å². The average molecular weight is 270 g/mol. The zero-order valence-corrected chi connectivity index (χ0v) is 13.0. The molecule has 4 heteroatoms. The van der Waals surface area contributed by atoms with Crippen LogP contribution >= 0.6 is 0 Å². The van der Waals surface area contributed by atoms with Crippen molar-refractivity contribution in [2.45, 2.75) is 66.2 Å². The molecule has 0 radical (unpaired) electrons. The summed E-state index contributed by atoms with van der Waals surface area (Å²) in [6.07, 6.45) is 5.06. The summed E-state index contributed by atoms with van der Waals surface area (Å²) in [4.78, 5) is 22.7. The van der Waals surface area contributed by atoms with Crippen molar-refractivity contribution in [1.82, 2.24) is 10.6 Å². The Morgan fingerprint density at radius 2 is 1.42 bits per heavy atom. The van der Waals surface area contributed by atoms with Crippen LogP contribution in [0.4, 0.5) is 0 Å². The summed E-state index contributed by atoms with van der Waals surface area (Å²) in [7, 11) is 0. The van der Waals surface area contributed by atoms with E-state index in [4.69, 9.17) is 0 Å². The van der Waals surface area contributed by atoms with Gasteiger partial charge in [0.2, 0.25) is 11.8 Å². The average Bonchev–Trinajstić information content (AvgIpc) is 2.25. The van der Waals surface area contributed by atoms with Gasteiger partial charge in [0, 0.05) is 25.9 Å². The second kappa shape index (κ2) is 9.82. The molecule has 2 amide bonds. The monoisotopic (exact) mass is 270 g/mol. The van der Waals surface area contributed by atoms with Crippen LogP contribution in [0, 0.1) is 5.41 Å². The zero-order valence-electron chi connectivity index (χ0n) is 13.0. The van der Waals surface area contributed by atoms with Gasteiger partial charge in [0.25, 0.3) is 0 Å². The molecule has 2 N–H and O–H groups in total. The van der Waals surface area contributed by atoms with Crippen LogP contribution in [0.3, 0.4) is 0 Å². The van der Waals surface area contributed by atoms with Gasteiger partial charge in [-0.2, -0.15) is 0 Å². The van der Waals surface area contributed by atoms with Crippen molar-refractivity contribution >= 4 is 11.8 Å². The van der Waals surface area contributed by atoms with Gasteiger partial charge in [-0.1, -0.05) is 27.7 Å². The van der Waals surface area contributed by atoms with Crippen molar-refractivity contribution in [2.75, 3.05) is 13.1 Å². The molecule has 0 bridgehead atoms. The second-order valence-electron chi connectivity index (χ2n) is 6.25. The van der Waals surface area contributed by atoms with Crippen molar-refractivity contribution in [1.29, 1.82) is 0 Å². The van der Waals surface area contributed by atoms with Gasteiger partial charge in [-0.3, -0.25) is 9.59 Å². The highest BCUT2D eigenvalue weighted by Gasteiger charge is 2.14. The molecule has 0 unspecified atom stereocenters. The zero-order chi connectivity index (χ0) is 14.7. The summed E-state index contributed by atoms with van der Waals surface area (Å²) in [6, 6.07) is 0. The molecule has 0 fully saturated rings. The maximum absolute atomic E-state index is 11.5. The number of hydrogen-bond donors (Lipinski definition) is 2. The fourth-order valence-electron chi connectivity index (χ4n) is 1.74. The normalized spacial score (nSPS) is 11.2. The molecule has 0 saturated carbocycles. The van der Waals surface area contributed by atoms with Gasteiger partial charge in [-0.05, 0) is 31.1 Å². The lowest BCUT2D eigenvalue weighted by atomic mass is 9.92. The maximum atomic E-state index is 11.5. The summed E-state index contributed by atoms with van der Waals surface area (Å²) >= 11 is 0. The van der Waals surface area contributed by atoms with E-state index in [0.29, 0.717) is 12.8 Å². The van der Waals surface area contributed by atoms with Crippen LogP contribution in [-0.2, 0) is 9.59 Å². The van der Waals surface area contributed by atoms with E-state index < -0.39 is 0 Å². The van der Waals surface area contributed by atoms with Gasteiger partial charge in [0.05, 0.1) is 0 Å². The van der Waals surface area contributed by atoms with E-state index in [2.05, 4.69) is 31.4 Å². The van der Waals surface area contributed by atoms with E-state index >= 15 is 0 Å².